The highest BCUT2D eigenvalue weighted by molar-refractivity contribution is 6.29. The molecule has 1 aromatic carbocycles. The van der Waals surface area contributed by atoms with Crippen molar-refractivity contribution < 1.29 is 0 Å². The van der Waals surface area contributed by atoms with E-state index in [0.717, 1.165) is 25.5 Å². The molecule has 0 radical (unpaired) electrons. The quantitative estimate of drug-likeness (QED) is 0.847. The fourth-order valence-corrected chi connectivity index (χ4v) is 3.24. The van der Waals surface area contributed by atoms with Crippen LogP contribution in [0.5, 0.6) is 0 Å². The van der Waals surface area contributed by atoms with Crippen molar-refractivity contribution in [1.82, 2.24) is 15.1 Å². The second kappa shape index (κ2) is 7.77. The molecule has 2 atom stereocenters. The molecule has 0 saturated carbocycles. The van der Waals surface area contributed by atoms with Crippen molar-refractivity contribution >= 4 is 23.5 Å². The highest BCUT2D eigenvalue weighted by Crippen LogP contribution is 2.22. The molecular formula is C19H23ClN4. The average molecular weight is 343 g/mol. The molecule has 5 heteroatoms. The van der Waals surface area contributed by atoms with Gasteiger partial charge >= 0.3 is 0 Å². The first-order chi connectivity index (χ1) is 11.6. The van der Waals surface area contributed by atoms with Crippen molar-refractivity contribution in [2.75, 3.05) is 24.5 Å². The Morgan fingerprint density at radius 2 is 1.83 bits per heavy atom. The Hall–Kier alpha value is -1.91. The number of hydrogen-bond donors (Lipinski definition) is 0. The third kappa shape index (κ3) is 3.94. The minimum absolute atomic E-state index is 0.374. The first kappa shape index (κ1) is 16.9. The maximum atomic E-state index is 5.84. The predicted molar refractivity (Wildman–Crippen MR) is 100 cm³/mol. The second-order valence-electron chi connectivity index (χ2n) is 6.20. The van der Waals surface area contributed by atoms with Gasteiger partial charge in [0, 0.05) is 31.7 Å². The van der Waals surface area contributed by atoms with E-state index in [2.05, 4.69) is 70.3 Å². The molecule has 0 amide bonds. The van der Waals surface area contributed by atoms with Gasteiger partial charge in [-0.05, 0) is 31.5 Å². The maximum absolute atomic E-state index is 5.84. The Morgan fingerprint density at radius 1 is 1.04 bits per heavy atom. The van der Waals surface area contributed by atoms with E-state index in [1.165, 1.54) is 5.56 Å². The lowest BCUT2D eigenvalue weighted by Crippen LogP contribution is -2.57. The molecule has 1 aliphatic heterocycles. The zero-order valence-corrected chi connectivity index (χ0v) is 14.9. The molecule has 3 rings (SSSR count). The minimum Gasteiger partial charge on any atom is -0.350 e. The lowest BCUT2D eigenvalue weighted by Gasteiger charge is -2.45. The molecule has 126 valence electrons. The van der Waals surface area contributed by atoms with Gasteiger partial charge in [-0.2, -0.15) is 0 Å². The Morgan fingerprint density at radius 3 is 2.54 bits per heavy atom. The van der Waals surface area contributed by atoms with Crippen molar-refractivity contribution in [3.8, 4) is 0 Å². The summed E-state index contributed by atoms with van der Waals surface area (Å²) in [6.07, 6.45) is 4.44. The first-order valence-electron chi connectivity index (χ1n) is 8.36. The van der Waals surface area contributed by atoms with Crippen molar-refractivity contribution in [3.05, 3.63) is 59.3 Å². The van der Waals surface area contributed by atoms with Crippen LogP contribution in [0.4, 0.5) is 5.82 Å². The van der Waals surface area contributed by atoms with Gasteiger partial charge in [0.15, 0.2) is 11.0 Å². The molecule has 4 nitrogen and oxygen atoms in total. The van der Waals surface area contributed by atoms with Crippen LogP contribution in [-0.4, -0.2) is 46.8 Å². The maximum Gasteiger partial charge on any atom is 0.151 e. The smallest absolute Gasteiger partial charge is 0.151 e. The summed E-state index contributed by atoms with van der Waals surface area (Å²) in [4.78, 5) is 4.81. The van der Waals surface area contributed by atoms with Crippen LogP contribution >= 0.6 is 11.6 Å². The number of piperazine rings is 1. The highest BCUT2D eigenvalue weighted by atomic mass is 35.5. The van der Waals surface area contributed by atoms with Crippen molar-refractivity contribution in [3.63, 3.8) is 0 Å². The van der Waals surface area contributed by atoms with Crippen LogP contribution in [-0.2, 0) is 0 Å². The monoisotopic (exact) mass is 342 g/mol. The van der Waals surface area contributed by atoms with Crippen molar-refractivity contribution in [1.29, 1.82) is 0 Å². The third-order valence-corrected chi connectivity index (χ3v) is 4.96. The number of rotatable bonds is 4. The normalized spacial score (nSPS) is 22.2. The Balaban J connectivity index is 1.61. The second-order valence-corrected chi connectivity index (χ2v) is 6.58. The number of aromatic nitrogens is 2. The fourth-order valence-electron chi connectivity index (χ4n) is 3.14. The van der Waals surface area contributed by atoms with E-state index in [1.54, 1.807) is 6.07 Å². The van der Waals surface area contributed by atoms with Gasteiger partial charge in [-0.3, -0.25) is 4.90 Å². The lowest BCUT2D eigenvalue weighted by atomic mass is 10.0. The van der Waals surface area contributed by atoms with Crippen molar-refractivity contribution in [2.45, 2.75) is 25.9 Å². The molecule has 1 aliphatic rings. The molecule has 1 fully saturated rings. The molecule has 0 bridgehead atoms. The Bertz CT molecular complexity index is 672. The van der Waals surface area contributed by atoms with Crippen LogP contribution in [0, 0.1) is 0 Å². The summed E-state index contributed by atoms with van der Waals surface area (Å²) in [5.41, 5.74) is 1.24. The summed E-state index contributed by atoms with van der Waals surface area (Å²) in [5.74, 6) is 0.901. The van der Waals surface area contributed by atoms with Gasteiger partial charge in [0.1, 0.15) is 0 Å². The molecule has 0 aliphatic carbocycles. The zero-order chi connectivity index (χ0) is 16.9. The highest BCUT2D eigenvalue weighted by Gasteiger charge is 2.30. The van der Waals surface area contributed by atoms with E-state index >= 15 is 0 Å². The van der Waals surface area contributed by atoms with Crippen LogP contribution in [0.1, 0.15) is 19.4 Å². The number of benzene rings is 1. The largest absolute Gasteiger partial charge is 0.350 e. The number of halogens is 1. The minimum atomic E-state index is 0.374. The summed E-state index contributed by atoms with van der Waals surface area (Å²) in [6, 6.07) is 15.0. The topological polar surface area (TPSA) is 32.3 Å². The van der Waals surface area contributed by atoms with Gasteiger partial charge in [-0.25, -0.2) is 0 Å². The lowest BCUT2D eigenvalue weighted by molar-refractivity contribution is 0.175. The Labute approximate surface area is 148 Å². The van der Waals surface area contributed by atoms with Gasteiger partial charge in [0.2, 0.25) is 0 Å². The average Bonchev–Trinajstić information content (AvgIpc) is 2.61. The van der Waals surface area contributed by atoms with Crippen LogP contribution < -0.4 is 4.90 Å². The standard InChI is InChI=1S/C19H23ClN4/c1-15-16(2)24(19-11-10-18(20)21-22-19)14-13-23(15)12-6-9-17-7-4-3-5-8-17/h3-11,15-16H,12-14H2,1-2H3/b9-6+. The third-order valence-electron chi connectivity index (χ3n) is 4.76. The van der Waals surface area contributed by atoms with E-state index in [9.17, 15) is 0 Å². The molecule has 2 unspecified atom stereocenters. The number of anilines is 1. The molecule has 2 heterocycles. The summed E-state index contributed by atoms with van der Waals surface area (Å²) >= 11 is 5.84. The van der Waals surface area contributed by atoms with E-state index in [0.29, 0.717) is 17.2 Å². The summed E-state index contributed by atoms with van der Waals surface area (Å²) in [5, 5.41) is 8.62. The first-order valence-corrected chi connectivity index (χ1v) is 8.74. The molecular weight excluding hydrogens is 320 g/mol. The molecule has 0 N–H and O–H groups in total. The fraction of sp³-hybridized carbons (Fsp3) is 0.368. The van der Waals surface area contributed by atoms with Gasteiger partial charge in [0.05, 0.1) is 0 Å². The summed E-state index contributed by atoms with van der Waals surface area (Å²) < 4.78 is 0. The molecule has 24 heavy (non-hydrogen) atoms. The van der Waals surface area contributed by atoms with Gasteiger partial charge < -0.3 is 4.90 Å². The van der Waals surface area contributed by atoms with Gasteiger partial charge in [-0.1, -0.05) is 54.1 Å². The van der Waals surface area contributed by atoms with Crippen LogP contribution in [0.15, 0.2) is 48.5 Å². The Kier molecular flexibility index (Phi) is 5.48. The molecule has 1 aromatic heterocycles. The van der Waals surface area contributed by atoms with E-state index in [1.807, 2.05) is 12.1 Å². The van der Waals surface area contributed by atoms with E-state index < -0.39 is 0 Å². The summed E-state index contributed by atoms with van der Waals surface area (Å²) in [7, 11) is 0. The SMILES string of the molecule is CC1C(C)N(c2ccc(Cl)nn2)CCN1C/C=C/c1ccccc1. The van der Waals surface area contributed by atoms with E-state index in [-0.39, 0.29) is 0 Å². The number of hydrogen-bond acceptors (Lipinski definition) is 4. The molecule has 0 spiro atoms. The van der Waals surface area contributed by atoms with Crippen LogP contribution in [0.25, 0.3) is 6.08 Å². The van der Waals surface area contributed by atoms with Gasteiger partial charge in [0.25, 0.3) is 0 Å². The van der Waals surface area contributed by atoms with Gasteiger partial charge in [-0.15, -0.1) is 10.2 Å². The van der Waals surface area contributed by atoms with E-state index in [4.69, 9.17) is 11.6 Å². The van der Waals surface area contributed by atoms with Crippen LogP contribution in [0.3, 0.4) is 0 Å². The summed E-state index contributed by atoms with van der Waals surface area (Å²) in [6.45, 7) is 7.43. The number of nitrogens with zero attached hydrogens (tertiary/aromatic N) is 4. The van der Waals surface area contributed by atoms with Crippen LogP contribution in [0.2, 0.25) is 5.15 Å². The molecule has 1 saturated heterocycles. The molecule has 2 aromatic rings. The zero-order valence-electron chi connectivity index (χ0n) is 14.1. The predicted octanol–water partition coefficient (Wildman–Crippen LogP) is 3.74. The van der Waals surface area contributed by atoms with Crippen molar-refractivity contribution in [2.24, 2.45) is 0 Å².